The molecule has 0 heterocycles. The van der Waals surface area contributed by atoms with Crippen LogP contribution in [0, 0.1) is 23.3 Å². The first-order valence-electron chi connectivity index (χ1n) is 11.4. The van der Waals surface area contributed by atoms with E-state index in [0.717, 1.165) is 36.0 Å². The minimum atomic E-state index is -1.91. The van der Waals surface area contributed by atoms with Gasteiger partial charge in [-0.3, -0.25) is 0 Å². The molecule has 0 unspecified atom stereocenters. The summed E-state index contributed by atoms with van der Waals surface area (Å²) in [6.45, 7) is 2.16. The van der Waals surface area contributed by atoms with Crippen LogP contribution in [0.3, 0.4) is 0 Å². The third-order valence-corrected chi connectivity index (χ3v) is 5.42. The van der Waals surface area contributed by atoms with Gasteiger partial charge in [0.05, 0.1) is 2.74 Å². The van der Waals surface area contributed by atoms with Gasteiger partial charge in [-0.25, -0.2) is 17.6 Å². The Labute approximate surface area is 188 Å². The summed E-state index contributed by atoms with van der Waals surface area (Å²) in [6, 6.07) is 17.8. The Morgan fingerprint density at radius 3 is 1.66 bits per heavy atom. The van der Waals surface area contributed by atoms with E-state index in [9.17, 15) is 17.6 Å². The highest BCUT2D eigenvalue weighted by atomic mass is 19.2. The summed E-state index contributed by atoms with van der Waals surface area (Å²) < 4.78 is 71.5. The van der Waals surface area contributed by atoms with Gasteiger partial charge in [-0.1, -0.05) is 74.0 Å². The fraction of sp³-hybridized carbons (Fsp3) is 0.143. The van der Waals surface area contributed by atoms with Crippen LogP contribution in [0.1, 0.15) is 28.1 Å². The van der Waals surface area contributed by atoms with E-state index in [1.54, 1.807) is 0 Å². The monoisotopic (exact) mass is 436 g/mol. The summed E-state index contributed by atoms with van der Waals surface area (Å²) in [5.41, 5.74) is 3.66. The predicted octanol–water partition coefficient (Wildman–Crippen LogP) is 8.59. The number of rotatable bonds is 6. The smallest absolute Gasteiger partial charge is 0.194 e. The fourth-order valence-electron chi connectivity index (χ4n) is 3.59. The SMILES string of the molecule is [2H]c1c(F)c(F)c(F)c([2H])c1-c1ccc(-c2ccc(-c3ccc(CCCC)cc3)cc2)cc1F. The Hall–Kier alpha value is -3.40. The zero-order chi connectivity index (χ0) is 24.4. The fourth-order valence-corrected chi connectivity index (χ4v) is 3.59. The Morgan fingerprint density at radius 1 is 0.625 bits per heavy atom. The average Bonchev–Trinajstić information content (AvgIpc) is 2.86. The lowest BCUT2D eigenvalue weighted by atomic mass is 9.97. The van der Waals surface area contributed by atoms with Crippen molar-refractivity contribution in [1.29, 1.82) is 0 Å². The van der Waals surface area contributed by atoms with Crippen molar-refractivity contribution in [1.82, 2.24) is 0 Å². The Morgan fingerprint density at radius 2 is 1.12 bits per heavy atom. The summed E-state index contributed by atoms with van der Waals surface area (Å²) in [4.78, 5) is 0. The average molecular weight is 436 g/mol. The highest BCUT2D eigenvalue weighted by Gasteiger charge is 2.14. The van der Waals surface area contributed by atoms with Crippen LogP contribution in [-0.2, 0) is 6.42 Å². The quantitative estimate of drug-likeness (QED) is 0.210. The standard InChI is InChI=1S/C28H22F4/c1-2-3-4-18-5-7-19(8-6-18)20-9-11-21(12-10-20)22-13-14-24(25(29)15-22)23-16-26(30)28(32)27(31)17-23/h5-17H,2-4H2,1H3/i16D,17D. The first-order chi connectivity index (χ1) is 16.3. The summed E-state index contributed by atoms with van der Waals surface area (Å²) in [7, 11) is 0. The topological polar surface area (TPSA) is 0 Å². The zero-order valence-corrected chi connectivity index (χ0v) is 17.5. The van der Waals surface area contributed by atoms with Gasteiger partial charge < -0.3 is 0 Å². The van der Waals surface area contributed by atoms with Crippen LogP contribution in [0.25, 0.3) is 33.4 Å². The maximum Gasteiger partial charge on any atom is 0.194 e. The van der Waals surface area contributed by atoms with Crippen molar-refractivity contribution in [3.05, 3.63) is 108 Å². The molecule has 0 nitrogen and oxygen atoms in total. The Kier molecular flexibility index (Phi) is 5.66. The molecule has 0 saturated carbocycles. The predicted molar refractivity (Wildman–Crippen MR) is 121 cm³/mol. The van der Waals surface area contributed by atoms with E-state index in [2.05, 4.69) is 31.2 Å². The third-order valence-electron chi connectivity index (χ3n) is 5.42. The second kappa shape index (κ2) is 9.39. The van der Waals surface area contributed by atoms with Crippen LogP contribution in [0.2, 0.25) is 0 Å². The zero-order valence-electron chi connectivity index (χ0n) is 19.5. The van der Waals surface area contributed by atoms with Crippen molar-refractivity contribution in [2.45, 2.75) is 26.2 Å². The lowest BCUT2D eigenvalue weighted by Crippen LogP contribution is -1.94. The molecule has 0 saturated heterocycles. The molecule has 32 heavy (non-hydrogen) atoms. The maximum atomic E-state index is 14.9. The molecule has 4 heteroatoms. The molecule has 0 aliphatic carbocycles. The Bertz CT molecular complexity index is 1300. The summed E-state index contributed by atoms with van der Waals surface area (Å²) >= 11 is 0. The van der Waals surface area contributed by atoms with E-state index in [-0.39, 0.29) is 5.56 Å². The lowest BCUT2D eigenvalue weighted by molar-refractivity contribution is 0.447. The molecule has 0 aromatic heterocycles. The largest absolute Gasteiger partial charge is 0.206 e. The first kappa shape index (κ1) is 19.3. The van der Waals surface area contributed by atoms with Crippen molar-refractivity contribution in [3.8, 4) is 33.4 Å². The lowest BCUT2D eigenvalue weighted by Gasteiger charge is -2.09. The molecule has 4 rings (SSSR count). The molecule has 162 valence electrons. The molecule has 0 fully saturated rings. The van der Waals surface area contributed by atoms with Gasteiger partial charge in [0.15, 0.2) is 17.5 Å². The molecule has 4 aromatic rings. The van der Waals surface area contributed by atoms with Crippen LogP contribution < -0.4 is 0 Å². The van der Waals surface area contributed by atoms with Crippen LogP contribution in [0.5, 0.6) is 0 Å². The van der Waals surface area contributed by atoms with Gasteiger partial charge in [0.25, 0.3) is 0 Å². The molecular formula is C28H22F4. The summed E-state index contributed by atoms with van der Waals surface area (Å²) in [5.74, 6) is -6.27. The van der Waals surface area contributed by atoms with Gasteiger partial charge >= 0.3 is 0 Å². The van der Waals surface area contributed by atoms with Crippen LogP contribution in [0.15, 0.2) is 78.8 Å². The van der Waals surface area contributed by atoms with E-state index in [1.807, 2.05) is 24.3 Å². The number of benzene rings is 4. The van der Waals surface area contributed by atoms with Crippen molar-refractivity contribution >= 4 is 0 Å². The van der Waals surface area contributed by atoms with E-state index < -0.39 is 40.9 Å². The normalized spacial score (nSPS) is 11.9. The highest BCUT2D eigenvalue weighted by Crippen LogP contribution is 2.31. The van der Waals surface area contributed by atoms with Crippen molar-refractivity contribution in [2.24, 2.45) is 0 Å². The first-order valence-corrected chi connectivity index (χ1v) is 10.4. The summed E-state index contributed by atoms with van der Waals surface area (Å²) in [6.07, 6.45) is 3.36. The summed E-state index contributed by atoms with van der Waals surface area (Å²) in [5, 5.41) is 0. The van der Waals surface area contributed by atoms with Gasteiger partial charge in [0.2, 0.25) is 0 Å². The van der Waals surface area contributed by atoms with E-state index in [1.165, 1.54) is 23.8 Å². The van der Waals surface area contributed by atoms with Crippen molar-refractivity contribution in [2.75, 3.05) is 0 Å². The third kappa shape index (κ3) is 4.59. The number of hydrogen-bond donors (Lipinski definition) is 0. The number of aryl methyl sites for hydroxylation is 1. The molecule has 0 aliphatic heterocycles. The number of halogens is 4. The van der Waals surface area contributed by atoms with Crippen LogP contribution >= 0.6 is 0 Å². The molecule has 4 aromatic carbocycles. The highest BCUT2D eigenvalue weighted by molar-refractivity contribution is 5.73. The van der Waals surface area contributed by atoms with E-state index in [0.29, 0.717) is 5.56 Å². The minimum absolute atomic E-state index is 0.337. The molecule has 0 aliphatic rings. The number of unbranched alkanes of at least 4 members (excludes halogenated alkanes) is 1. The van der Waals surface area contributed by atoms with Gasteiger partial charge in [-0.2, -0.15) is 0 Å². The maximum absolute atomic E-state index is 14.9. The van der Waals surface area contributed by atoms with Crippen molar-refractivity contribution < 1.29 is 20.3 Å². The number of hydrogen-bond acceptors (Lipinski definition) is 0. The van der Waals surface area contributed by atoms with Crippen LogP contribution in [0.4, 0.5) is 17.6 Å². The molecule has 0 radical (unpaired) electrons. The van der Waals surface area contributed by atoms with Crippen LogP contribution in [-0.4, -0.2) is 0 Å². The molecule has 0 amide bonds. The van der Waals surface area contributed by atoms with Crippen molar-refractivity contribution in [3.63, 3.8) is 0 Å². The minimum Gasteiger partial charge on any atom is -0.206 e. The van der Waals surface area contributed by atoms with Gasteiger partial charge in [0.1, 0.15) is 5.82 Å². The van der Waals surface area contributed by atoms with Gasteiger partial charge in [0, 0.05) is 5.56 Å². The van der Waals surface area contributed by atoms with E-state index in [4.69, 9.17) is 2.74 Å². The molecule has 0 atom stereocenters. The second-order valence-corrected chi connectivity index (χ2v) is 7.64. The Balaban J connectivity index is 1.62. The molecular weight excluding hydrogens is 412 g/mol. The van der Waals surface area contributed by atoms with Gasteiger partial charge in [-0.15, -0.1) is 0 Å². The molecule has 0 spiro atoms. The molecule has 0 N–H and O–H groups in total. The van der Waals surface area contributed by atoms with Gasteiger partial charge in [-0.05, 0) is 64.4 Å². The van der Waals surface area contributed by atoms with E-state index >= 15 is 0 Å². The second-order valence-electron chi connectivity index (χ2n) is 7.64. The molecule has 0 bridgehead atoms.